The number of nitrogens with one attached hydrogen (secondary N) is 1. The zero-order valence-electron chi connectivity index (χ0n) is 16.3. The first-order chi connectivity index (χ1) is 14.1. The van der Waals surface area contributed by atoms with Crippen LogP contribution >= 0.6 is 0 Å². The largest absolute Gasteiger partial charge is 0.481 e. The predicted octanol–water partition coefficient (Wildman–Crippen LogP) is 4.56. The maximum absolute atomic E-state index is 12.7. The molecule has 29 heavy (non-hydrogen) atoms. The van der Waals surface area contributed by atoms with Crippen LogP contribution in [0.3, 0.4) is 0 Å². The molecule has 2 saturated carbocycles. The van der Waals surface area contributed by atoms with Crippen LogP contribution in [0.25, 0.3) is 11.1 Å². The highest BCUT2D eigenvalue weighted by Crippen LogP contribution is 2.55. The van der Waals surface area contributed by atoms with Crippen molar-refractivity contribution in [3.63, 3.8) is 0 Å². The van der Waals surface area contributed by atoms with Crippen LogP contribution in [0.1, 0.15) is 49.1 Å². The summed E-state index contributed by atoms with van der Waals surface area (Å²) in [7, 11) is 0. The molecule has 5 nitrogen and oxygen atoms in total. The van der Waals surface area contributed by atoms with Crippen LogP contribution in [0.15, 0.2) is 48.5 Å². The van der Waals surface area contributed by atoms with E-state index in [-0.39, 0.29) is 24.9 Å². The fourth-order valence-electron chi connectivity index (χ4n) is 5.97. The second kappa shape index (κ2) is 6.90. The highest BCUT2D eigenvalue weighted by molar-refractivity contribution is 5.79. The average molecular weight is 391 g/mol. The van der Waals surface area contributed by atoms with Gasteiger partial charge in [0.05, 0.1) is 12.0 Å². The topological polar surface area (TPSA) is 75.6 Å². The minimum absolute atomic E-state index is 0.00388. The molecule has 0 spiro atoms. The monoisotopic (exact) mass is 391 g/mol. The Morgan fingerprint density at radius 2 is 1.69 bits per heavy atom. The molecule has 5 rings (SSSR count). The number of hydrogen-bond donors (Lipinski definition) is 2. The van der Waals surface area contributed by atoms with E-state index < -0.39 is 17.6 Å². The lowest BCUT2D eigenvalue weighted by Crippen LogP contribution is -2.63. The molecular formula is C24H25NO4. The van der Waals surface area contributed by atoms with Crippen molar-refractivity contribution < 1.29 is 19.4 Å². The van der Waals surface area contributed by atoms with Gasteiger partial charge in [-0.2, -0.15) is 0 Å². The van der Waals surface area contributed by atoms with Crippen molar-refractivity contribution in [3.8, 4) is 11.1 Å². The number of fused-ring (bicyclic) bond motifs is 4. The number of ether oxygens (including phenoxy) is 1. The summed E-state index contributed by atoms with van der Waals surface area (Å²) in [5.74, 6) is -0.0548. The van der Waals surface area contributed by atoms with Gasteiger partial charge >= 0.3 is 12.1 Å². The lowest BCUT2D eigenvalue weighted by Gasteiger charge is -2.52. The molecule has 3 atom stereocenters. The molecule has 3 aliphatic rings. The number of carboxylic acids is 1. The molecule has 2 aromatic carbocycles. The van der Waals surface area contributed by atoms with Crippen LogP contribution < -0.4 is 5.32 Å². The van der Waals surface area contributed by atoms with Crippen LogP contribution in [-0.4, -0.2) is 29.3 Å². The first-order valence-electron chi connectivity index (χ1n) is 10.4. The Bertz CT molecular complexity index is 925. The fourth-order valence-corrected chi connectivity index (χ4v) is 5.97. The lowest BCUT2D eigenvalue weighted by atomic mass is 9.59. The molecule has 0 radical (unpaired) electrons. The van der Waals surface area contributed by atoms with Crippen LogP contribution in [0.5, 0.6) is 0 Å². The van der Waals surface area contributed by atoms with Gasteiger partial charge in [-0.1, -0.05) is 55.0 Å². The molecule has 2 N–H and O–H groups in total. The van der Waals surface area contributed by atoms with Gasteiger partial charge in [0.25, 0.3) is 0 Å². The Hall–Kier alpha value is -2.82. The van der Waals surface area contributed by atoms with Crippen molar-refractivity contribution in [3.05, 3.63) is 59.7 Å². The molecule has 0 heterocycles. The number of hydrogen-bond acceptors (Lipinski definition) is 3. The lowest BCUT2D eigenvalue weighted by molar-refractivity contribution is -0.141. The normalized spacial score (nSPS) is 26.8. The minimum Gasteiger partial charge on any atom is -0.481 e. The quantitative estimate of drug-likeness (QED) is 0.784. The highest BCUT2D eigenvalue weighted by Gasteiger charge is 2.57. The van der Waals surface area contributed by atoms with E-state index in [4.69, 9.17) is 4.74 Å². The Morgan fingerprint density at radius 3 is 2.31 bits per heavy atom. The second-order valence-electron chi connectivity index (χ2n) is 8.68. The predicted molar refractivity (Wildman–Crippen MR) is 109 cm³/mol. The van der Waals surface area contributed by atoms with Gasteiger partial charge in [-0.05, 0) is 53.4 Å². The van der Waals surface area contributed by atoms with Crippen LogP contribution in [0, 0.1) is 11.8 Å². The van der Waals surface area contributed by atoms with Crippen molar-refractivity contribution in [1.82, 2.24) is 5.32 Å². The van der Waals surface area contributed by atoms with Crippen molar-refractivity contribution in [2.24, 2.45) is 11.8 Å². The molecule has 3 aliphatic carbocycles. The molecule has 0 bridgehead atoms. The number of alkyl carbamates (subject to hydrolysis) is 1. The van der Waals surface area contributed by atoms with Gasteiger partial charge in [-0.15, -0.1) is 0 Å². The molecule has 1 unspecified atom stereocenters. The maximum atomic E-state index is 12.7. The van der Waals surface area contributed by atoms with Crippen LogP contribution in [-0.2, 0) is 9.53 Å². The van der Waals surface area contributed by atoms with Gasteiger partial charge in [-0.25, -0.2) is 4.79 Å². The number of carbonyl (C=O) groups excluding carboxylic acids is 1. The summed E-state index contributed by atoms with van der Waals surface area (Å²) in [5.41, 5.74) is 4.07. The Kier molecular flexibility index (Phi) is 4.34. The summed E-state index contributed by atoms with van der Waals surface area (Å²) in [6.07, 6.45) is 3.45. The van der Waals surface area contributed by atoms with Crippen molar-refractivity contribution in [2.75, 3.05) is 6.61 Å². The molecule has 0 aromatic heterocycles. The van der Waals surface area contributed by atoms with Crippen molar-refractivity contribution in [2.45, 2.75) is 43.6 Å². The Balaban J connectivity index is 1.30. The van der Waals surface area contributed by atoms with Crippen LogP contribution in [0.4, 0.5) is 4.79 Å². The van der Waals surface area contributed by atoms with Gasteiger partial charge in [-0.3, -0.25) is 4.79 Å². The van der Waals surface area contributed by atoms with E-state index >= 15 is 0 Å². The molecule has 2 fully saturated rings. The third kappa shape index (κ3) is 3.00. The van der Waals surface area contributed by atoms with E-state index in [1.807, 2.05) is 24.3 Å². The number of aliphatic carboxylic acids is 1. The first-order valence-corrected chi connectivity index (χ1v) is 10.4. The number of rotatable bonds is 5. The van der Waals surface area contributed by atoms with Gasteiger partial charge < -0.3 is 15.2 Å². The molecule has 5 heteroatoms. The molecule has 2 aromatic rings. The summed E-state index contributed by atoms with van der Waals surface area (Å²) in [6, 6.07) is 16.4. The minimum atomic E-state index is -0.866. The maximum Gasteiger partial charge on any atom is 0.407 e. The zero-order chi connectivity index (χ0) is 20.0. The summed E-state index contributed by atoms with van der Waals surface area (Å²) in [5, 5.41) is 12.3. The molecular weight excluding hydrogens is 366 g/mol. The van der Waals surface area contributed by atoms with E-state index in [2.05, 4.69) is 29.6 Å². The Morgan fingerprint density at radius 1 is 1.03 bits per heavy atom. The third-order valence-corrected chi connectivity index (χ3v) is 7.16. The first kappa shape index (κ1) is 18.2. The Labute approximate surface area is 170 Å². The van der Waals surface area contributed by atoms with E-state index in [0.29, 0.717) is 5.92 Å². The summed E-state index contributed by atoms with van der Waals surface area (Å²) in [6.45, 7) is 0.247. The summed E-state index contributed by atoms with van der Waals surface area (Å²) in [4.78, 5) is 24.1. The molecule has 0 saturated heterocycles. The average Bonchev–Trinajstić information content (AvgIpc) is 3.24. The molecule has 1 amide bonds. The highest BCUT2D eigenvalue weighted by atomic mass is 16.5. The SMILES string of the molecule is O=C(O)CC1(NC(=O)OCC2c3ccccc3-c3ccccc32)C[C@H]2CCC[C@H]21. The van der Waals surface area contributed by atoms with Gasteiger partial charge in [0.2, 0.25) is 0 Å². The number of amides is 1. The smallest absolute Gasteiger partial charge is 0.407 e. The van der Waals surface area contributed by atoms with E-state index in [1.54, 1.807) is 0 Å². The van der Waals surface area contributed by atoms with Crippen LogP contribution in [0.2, 0.25) is 0 Å². The standard InChI is InChI=1S/C24H25NO4/c26-22(27)13-24(12-15-6-5-11-21(15)24)25-23(28)29-14-20-18-9-3-1-7-16(18)17-8-2-4-10-19(17)20/h1-4,7-10,15,20-21H,5-6,11-14H2,(H,25,28)(H,26,27)/t15-,21-,24?/m1/s1. The van der Waals surface area contributed by atoms with Crippen molar-refractivity contribution >= 4 is 12.1 Å². The van der Waals surface area contributed by atoms with E-state index in [9.17, 15) is 14.7 Å². The number of carbonyl (C=O) groups is 2. The van der Waals surface area contributed by atoms with E-state index in [1.165, 1.54) is 22.3 Å². The molecule has 0 aliphatic heterocycles. The van der Waals surface area contributed by atoms with E-state index in [0.717, 1.165) is 25.7 Å². The second-order valence-corrected chi connectivity index (χ2v) is 8.68. The summed E-state index contributed by atoms with van der Waals surface area (Å²) >= 11 is 0. The zero-order valence-corrected chi connectivity index (χ0v) is 16.3. The number of carboxylic acid groups (broad SMARTS) is 1. The summed E-state index contributed by atoms with van der Waals surface area (Å²) < 4.78 is 5.66. The van der Waals surface area contributed by atoms with Gasteiger partial charge in [0, 0.05) is 5.92 Å². The fraction of sp³-hybridized carbons (Fsp3) is 0.417. The third-order valence-electron chi connectivity index (χ3n) is 7.16. The molecule has 150 valence electrons. The van der Waals surface area contributed by atoms with Gasteiger partial charge in [0.15, 0.2) is 0 Å². The van der Waals surface area contributed by atoms with Gasteiger partial charge in [0.1, 0.15) is 6.61 Å². The van der Waals surface area contributed by atoms with Crippen molar-refractivity contribution in [1.29, 1.82) is 0 Å². The number of benzene rings is 2.